The quantitative estimate of drug-likeness (QED) is 0.292. The molecule has 5 nitrogen and oxygen atoms in total. The molecule has 1 aliphatic rings. The van der Waals surface area contributed by atoms with E-state index in [2.05, 4.69) is 25.7 Å². The summed E-state index contributed by atoms with van der Waals surface area (Å²) in [5.41, 5.74) is 4.28. The summed E-state index contributed by atoms with van der Waals surface area (Å²) in [7, 11) is 1.66. The van der Waals surface area contributed by atoms with Gasteiger partial charge in [0.05, 0.1) is 7.11 Å². The Balaban J connectivity index is 1.81. The van der Waals surface area contributed by atoms with E-state index in [0.29, 0.717) is 30.2 Å². The molecule has 0 bridgehead atoms. The molecule has 3 aromatic rings. The number of para-hydroxylation sites is 1. The van der Waals surface area contributed by atoms with Crippen LogP contribution in [0.5, 0.6) is 17.2 Å². The molecular weight excluding hydrogens is 426 g/mol. The van der Waals surface area contributed by atoms with Crippen LogP contribution in [-0.2, 0) is 19.7 Å². The summed E-state index contributed by atoms with van der Waals surface area (Å²) < 4.78 is 18.0. The minimum absolute atomic E-state index is 0.000648. The summed E-state index contributed by atoms with van der Waals surface area (Å²) in [4.78, 5) is 15.9. The van der Waals surface area contributed by atoms with Gasteiger partial charge in [-0.05, 0) is 44.9 Å². The van der Waals surface area contributed by atoms with Crippen molar-refractivity contribution in [2.75, 3.05) is 7.11 Å². The molecule has 0 N–H and O–H groups in total. The third-order valence-electron chi connectivity index (χ3n) is 6.86. The Hall–Kier alpha value is -3.31. The number of hydrogen-bond donors (Lipinski definition) is 0. The predicted octanol–water partition coefficient (Wildman–Crippen LogP) is 6.31. The van der Waals surface area contributed by atoms with E-state index < -0.39 is 5.97 Å². The molecule has 0 radical (unpaired) electrons. The van der Waals surface area contributed by atoms with Crippen LogP contribution in [0.1, 0.15) is 59.8 Å². The molecule has 0 atom stereocenters. The van der Waals surface area contributed by atoms with E-state index in [0.717, 1.165) is 41.0 Å². The van der Waals surface area contributed by atoms with E-state index in [1.807, 2.05) is 55.5 Å². The molecule has 0 saturated carbocycles. The van der Waals surface area contributed by atoms with Gasteiger partial charge in [-0.3, -0.25) is 4.90 Å². The van der Waals surface area contributed by atoms with Crippen LogP contribution in [0, 0.1) is 6.92 Å². The number of hydrogen-bond acceptors (Lipinski definition) is 5. The van der Waals surface area contributed by atoms with E-state index in [-0.39, 0.29) is 5.54 Å². The molecule has 3 aromatic carbocycles. The van der Waals surface area contributed by atoms with E-state index in [4.69, 9.17) is 14.2 Å². The molecule has 0 aromatic heterocycles. The highest BCUT2D eigenvalue weighted by atomic mass is 16.5. The number of methoxy groups -OCH3 is 1. The Morgan fingerprint density at radius 1 is 0.941 bits per heavy atom. The first-order valence-corrected chi connectivity index (χ1v) is 11.8. The first kappa shape index (κ1) is 23.8. The van der Waals surface area contributed by atoms with Gasteiger partial charge in [0, 0.05) is 35.3 Å². The maximum atomic E-state index is 13.5. The molecular formula is C29H33NO4. The van der Waals surface area contributed by atoms with Gasteiger partial charge >= 0.3 is 5.97 Å². The maximum absolute atomic E-state index is 13.5. The van der Waals surface area contributed by atoms with Crippen molar-refractivity contribution in [3.8, 4) is 17.2 Å². The highest BCUT2D eigenvalue weighted by Crippen LogP contribution is 2.46. The fourth-order valence-electron chi connectivity index (χ4n) is 4.42. The third kappa shape index (κ3) is 4.66. The molecule has 0 aliphatic carbocycles. The number of carbonyl (C=O) groups excluding carboxylic acids is 1. The van der Waals surface area contributed by atoms with Crippen LogP contribution in [0.4, 0.5) is 0 Å². The Kier molecular flexibility index (Phi) is 6.94. The van der Waals surface area contributed by atoms with Crippen molar-refractivity contribution >= 4 is 5.97 Å². The summed E-state index contributed by atoms with van der Waals surface area (Å²) in [6.07, 6.45) is 1.01. The number of ether oxygens (including phenoxy) is 3. The zero-order chi connectivity index (χ0) is 24.3. The third-order valence-corrected chi connectivity index (χ3v) is 6.86. The summed E-state index contributed by atoms with van der Waals surface area (Å²) >= 11 is 0. The fraction of sp³-hybridized carbons (Fsp3) is 0.345. The van der Waals surface area contributed by atoms with Crippen LogP contribution in [0.3, 0.4) is 0 Å². The summed E-state index contributed by atoms with van der Waals surface area (Å²) in [5.74, 6) is 1.37. The first-order chi connectivity index (χ1) is 16.4. The van der Waals surface area contributed by atoms with Gasteiger partial charge in [0.1, 0.15) is 29.4 Å². The van der Waals surface area contributed by atoms with E-state index >= 15 is 0 Å². The van der Waals surface area contributed by atoms with Crippen molar-refractivity contribution in [1.29, 1.82) is 0 Å². The molecule has 0 fully saturated rings. The lowest BCUT2D eigenvalue weighted by atomic mass is 9.97. The Bertz CT molecular complexity index is 1160. The molecule has 5 heteroatoms. The average Bonchev–Trinajstić information content (AvgIpc) is 3.29. The van der Waals surface area contributed by atoms with Gasteiger partial charge in [0.25, 0.3) is 0 Å². The minimum atomic E-state index is -0.443. The van der Waals surface area contributed by atoms with Crippen molar-refractivity contribution in [2.45, 2.75) is 59.4 Å². The van der Waals surface area contributed by atoms with Crippen LogP contribution >= 0.6 is 0 Å². The molecule has 178 valence electrons. The predicted molar refractivity (Wildman–Crippen MR) is 134 cm³/mol. The van der Waals surface area contributed by atoms with Crippen LogP contribution in [0.25, 0.3) is 0 Å². The second-order valence-electron chi connectivity index (χ2n) is 9.32. The van der Waals surface area contributed by atoms with Crippen molar-refractivity contribution in [2.24, 2.45) is 0 Å². The SMILES string of the molecule is CCC(C)(C)N1Cc2c(c(OCc3ccccc3)c(C(=O)Oc3ccccc3)c(C)c2OC)C1. The fourth-order valence-corrected chi connectivity index (χ4v) is 4.42. The highest BCUT2D eigenvalue weighted by Gasteiger charge is 2.38. The molecule has 1 heterocycles. The monoisotopic (exact) mass is 459 g/mol. The average molecular weight is 460 g/mol. The molecule has 0 unspecified atom stereocenters. The molecule has 0 saturated heterocycles. The van der Waals surface area contributed by atoms with Crippen molar-refractivity contribution in [1.82, 2.24) is 4.90 Å². The van der Waals surface area contributed by atoms with E-state index in [1.54, 1.807) is 19.2 Å². The summed E-state index contributed by atoms with van der Waals surface area (Å²) in [6, 6.07) is 19.1. The van der Waals surface area contributed by atoms with Crippen LogP contribution < -0.4 is 14.2 Å². The van der Waals surface area contributed by atoms with Crippen LogP contribution in [0.2, 0.25) is 0 Å². The highest BCUT2D eigenvalue weighted by molar-refractivity contribution is 5.97. The smallest absolute Gasteiger partial charge is 0.347 e. The number of rotatable bonds is 8. The largest absolute Gasteiger partial charge is 0.496 e. The van der Waals surface area contributed by atoms with Gasteiger partial charge in [-0.2, -0.15) is 0 Å². The minimum Gasteiger partial charge on any atom is -0.496 e. The van der Waals surface area contributed by atoms with Crippen LogP contribution in [-0.4, -0.2) is 23.5 Å². The number of nitrogens with zero attached hydrogens (tertiary/aromatic N) is 1. The molecule has 0 spiro atoms. The van der Waals surface area contributed by atoms with Crippen LogP contribution in [0.15, 0.2) is 60.7 Å². The Labute approximate surface area is 202 Å². The summed E-state index contributed by atoms with van der Waals surface area (Å²) in [5, 5.41) is 0. The van der Waals surface area contributed by atoms with Crippen molar-refractivity contribution < 1.29 is 19.0 Å². The van der Waals surface area contributed by atoms with Gasteiger partial charge in [0.15, 0.2) is 0 Å². The lowest BCUT2D eigenvalue weighted by Crippen LogP contribution is -2.39. The number of carbonyl (C=O) groups is 1. The summed E-state index contributed by atoms with van der Waals surface area (Å²) in [6.45, 7) is 10.4. The van der Waals surface area contributed by atoms with Gasteiger partial charge in [-0.25, -0.2) is 4.79 Å². The van der Waals surface area contributed by atoms with Gasteiger partial charge in [-0.1, -0.05) is 55.5 Å². The second kappa shape index (κ2) is 9.90. The standard InChI is InChI=1S/C29H33NO4/c1-6-29(3,4)30-17-23-24(18-30)27(33-19-21-13-9-7-10-14-21)25(20(2)26(23)32-5)28(31)34-22-15-11-8-12-16-22/h7-16H,6,17-19H2,1-5H3. The van der Waals surface area contributed by atoms with E-state index in [1.165, 1.54) is 0 Å². The van der Waals surface area contributed by atoms with Gasteiger partial charge in [-0.15, -0.1) is 0 Å². The molecule has 4 rings (SSSR count). The first-order valence-electron chi connectivity index (χ1n) is 11.8. The zero-order valence-electron chi connectivity index (χ0n) is 20.7. The molecule has 0 amide bonds. The lowest BCUT2D eigenvalue weighted by Gasteiger charge is -2.34. The lowest BCUT2D eigenvalue weighted by molar-refractivity contribution is 0.0728. The normalized spacial score (nSPS) is 13.4. The zero-order valence-corrected chi connectivity index (χ0v) is 20.7. The van der Waals surface area contributed by atoms with E-state index in [9.17, 15) is 4.79 Å². The Morgan fingerprint density at radius 3 is 2.12 bits per heavy atom. The van der Waals surface area contributed by atoms with Crippen molar-refractivity contribution in [3.05, 3.63) is 88.5 Å². The maximum Gasteiger partial charge on any atom is 0.347 e. The topological polar surface area (TPSA) is 48.0 Å². The van der Waals surface area contributed by atoms with Gasteiger partial charge < -0.3 is 14.2 Å². The molecule has 34 heavy (non-hydrogen) atoms. The number of esters is 1. The van der Waals surface area contributed by atoms with Crippen molar-refractivity contribution in [3.63, 3.8) is 0 Å². The molecule has 1 aliphatic heterocycles. The van der Waals surface area contributed by atoms with Gasteiger partial charge in [0.2, 0.25) is 0 Å². The second-order valence-corrected chi connectivity index (χ2v) is 9.32. The Morgan fingerprint density at radius 2 is 1.53 bits per heavy atom. The number of benzene rings is 3. The number of fused-ring (bicyclic) bond motifs is 1.